The number of halogens is 1. The molecule has 0 radical (unpaired) electrons. The number of hydrogen-bond acceptors (Lipinski definition) is 3. The van der Waals surface area contributed by atoms with Crippen LogP contribution in [0.2, 0.25) is 0 Å². The zero-order valence-electron chi connectivity index (χ0n) is 8.15. The van der Waals surface area contributed by atoms with Crippen LogP contribution in [0, 0.1) is 11.8 Å². The van der Waals surface area contributed by atoms with E-state index in [1.807, 2.05) is 0 Å². The first-order valence-electron chi connectivity index (χ1n) is 5.21. The van der Waals surface area contributed by atoms with E-state index in [1.54, 1.807) is 0 Å². The van der Waals surface area contributed by atoms with Crippen LogP contribution in [-0.2, 0) is 0 Å². The average molecular weight is 220 g/mol. The van der Waals surface area contributed by atoms with Crippen molar-refractivity contribution < 1.29 is 10.2 Å². The second-order valence-corrected chi connectivity index (χ2v) is 5.50. The zero-order chi connectivity index (χ0) is 9.27. The Morgan fingerprint density at radius 2 is 1.86 bits per heavy atom. The Morgan fingerprint density at radius 3 is 2.43 bits per heavy atom. The van der Waals surface area contributed by atoms with Gasteiger partial charge in [-0.2, -0.15) is 0 Å². The molecule has 5 atom stereocenters. The Bertz CT molecular complexity index is 263. The largest absolute Gasteiger partial charge is 0.390 e. The molecule has 4 heteroatoms. The topological polar surface area (TPSA) is 66.5 Å². The minimum atomic E-state index is -0.751. The highest BCUT2D eigenvalue weighted by molar-refractivity contribution is 5.85. The summed E-state index contributed by atoms with van der Waals surface area (Å²) in [4.78, 5) is 0. The summed E-state index contributed by atoms with van der Waals surface area (Å²) in [6, 6.07) is -0.0932. The number of aliphatic hydroxyl groups is 2. The molecule has 14 heavy (non-hydrogen) atoms. The molecule has 0 aliphatic heterocycles. The van der Waals surface area contributed by atoms with Crippen LogP contribution in [0.4, 0.5) is 0 Å². The molecule has 0 aromatic carbocycles. The summed E-state index contributed by atoms with van der Waals surface area (Å²) < 4.78 is 0. The Hall–Kier alpha value is 0.170. The van der Waals surface area contributed by atoms with Gasteiger partial charge in [-0.25, -0.2) is 0 Å². The predicted molar refractivity (Wildman–Crippen MR) is 55.2 cm³/mol. The van der Waals surface area contributed by atoms with Crippen molar-refractivity contribution >= 4 is 12.4 Å². The lowest BCUT2D eigenvalue weighted by molar-refractivity contribution is -0.208. The number of nitrogens with two attached hydrogens (primary N) is 1. The minimum absolute atomic E-state index is 0. The van der Waals surface area contributed by atoms with Gasteiger partial charge in [-0.3, -0.25) is 0 Å². The summed E-state index contributed by atoms with van der Waals surface area (Å²) in [5, 5.41) is 20.4. The molecule has 4 rings (SSSR count). The molecular formula is C10H18ClNO2. The molecule has 82 valence electrons. The molecule has 4 fully saturated rings. The van der Waals surface area contributed by atoms with E-state index in [-0.39, 0.29) is 18.4 Å². The molecule has 4 aliphatic rings. The standard InChI is InChI=1S/C10H17NO2.ClH/c11-8-7-1-6-2-9(12,4-7)5-10(8,13)3-6;/h6-8,12-13H,1-5,11H2;1H. The molecule has 5 unspecified atom stereocenters. The van der Waals surface area contributed by atoms with E-state index in [4.69, 9.17) is 5.73 Å². The fourth-order valence-corrected chi connectivity index (χ4v) is 4.11. The summed E-state index contributed by atoms with van der Waals surface area (Å²) in [7, 11) is 0. The quantitative estimate of drug-likeness (QED) is 0.553. The lowest BCUT2D eigenvalue weighted by Crippen LogP contribution is -2.69. The van der Waals surface area contributed by atoms with E-state index in [0.29, 0.717) is 18.3 Å². The molecule has 0 aromatic rings. The van der Waals surface area contributed by atoms with Crippen molar-refractivity contribution in [2.24, 2.45) is 17.6 Å². The Kier molecular flexibility index (Phi) is 2.17. The Labute approximate surface area is 90.1 Å². The smallest absolute Gasteiger partial charge is 0.0830 e. The molecule has 0 aromatic heterocycles. The summed E-state index contributed by atoms with van der Waals surface area (Å²) in [6.45, 7) is 0. The van der Waals surface area contributed by atoms with Crippen LogP contribution < -0.4 is 5.73 Å². The zero-order valence-corrected chi connectivity index (χ0v) is 8.96. The van der Waals surface area contributed by atoms with Gasteiger partial charge in [0.25, 0.3) is 0 Å². The van der Waals surface area contributed by atoms with E-state index in [9.17, 15) is 10.2 Å². The van der Waals surface area contributed by atoms with Gasteiger partial charge in [0, 0.05) is 12.5 Å². The van der Waals surface area contributed by atoms with E-state index in [2.05, 4.69) is 0 Å². The van der Waals surface area contributed by atoms with Crippen molar-refractivity contribution in [1.82, 2.24) is 0 Å². The first kappa shape index (κ1) is 10.7. The molecular weight excluding hydrogens is 202 g/mol. The van der Waals surface area contributed by atoms with Crippen molar-refractivity contribution in [2.45, 2.75) is 49.3 Å². The third-order valence-electron chi connectivity index (χ3n) is 4.35. The van der Waals surface area contributed by atoms with Crippen LogP contribution >= 0.6 is 12.4 Å². The Balaban J connectivity index is 0.000000750. The van der Waals surface area contributed by atoms with Gasteiger partial charge >= 0.3 is 0 Å². The van der Waals surface area contributed by atoms with E-state index < -0.39 is 11.2 Å². The fourth-order valence-electron chi connectivity index (χ4n) is 4.11. The van der Waals surface area contributed by atoms with Gasteiger partial charge in [0.1, 0.15) is 0 Å². The van der Waals surface area contributed by atoms with Crippen molar-refractivity contribution in [2.75, 3.05) is 0 Å². The SMILES string of the molecule is Cl.NC1C2CC3CC(O)(C2)CC1(O)C3. The van der Waals surface area contributed by atoms with Gasteiger partial charge in [-0.1, -0.05) is 0 Å². The lowest BCUT2D eigenvalue weighted by atomic mass is 9.50. The van der Waals surface area contributed by atoms with E-state index in [0.717, 1.165) is 25.7 Å². The van der Waals surface area contributed by atoms with Crippen molar-refractivity contribution in [3.63, 3.8) is 0 Å². The minimum Gasteiger partial charge on any atom is -0.390 e. The van der Waals surface area contributed by atoms with Gasteiger partial charge in [0.2, 0.25) is 0 Å². The maximum atomic E-state index is 10.3. The van der Waals surface area contributed by atoms with Gasteiger partial charge in [0.15, 0.2) is 0 Å². The van der Waals surface area contributed by atoms with Gasteiger partial charge in [-0.05, 0) is 37.5 Å². The monoisotopic (exact) mass is 219 g/mol. The molecule has 4 saturated carbocycles. The van der Waals surface area contributed by atoms with Crippen LogP contribution in [0.15, 0.2) is 0 Å². The highest BCUT2D eigenvalue weighted by Crippen LogP contribution is 2.56. The molecule has 0 amide bonds. The lowest BCUT2D eigenvalue weighted by Gasteiger charge is -2.61. The third-order valence-corrected chi connectivity index (χ3v) is 4.35. The van der Waals surface area contributed by atoms with Crippen molar-refractivity contribution in [3.05, 3.63) is 0 Å². The van der Waals surface area contributed by atoms with Crippen molar-refractivity contribution in [3.8, 4) is 0 Å². The van der Waals surface area contributed by atoms with Gasteiger partial charge in [0.05, 0.1) is 11.2 Å². The molecule has 3 nitrogen and oxygen atoms in total. The number of hydrogen-bond donors (Lipinski definition) is 3. The summed E-state index contributed by atoms with van der Waals surface area (Å²) in [5.41, 5.74) is 4.66. The third kappa shape index (κ3) is 1.23. The highest BCUT2D eigenvalue weighted by Gasteiger charge is 2.60. The molecule has 4 bridgehead atoms. The summed E-state index contributed by atoms with van der Waals surface area (Å²) in [5.74, 6) is 0.874. The van der Waals surface area contributed by atoms with Gasteiger partial charge in [-0.15, -0.1) is 12.4 Å². The summed E-state index contributed by atoms with van der Waals surface area (Å²) in [6.07, 6.45) is 4.14. The van der Waals surface area contributed by atoms with Crippen LogP contribution in [0.3, 0.4) is 0 Å². The maximum Gasteiger partial charge on any atom is 0.0830 e. The second kappa shape index (κ2) is 2.85. The van der Waals surface area contributed by atoms with E-state index in [1.165, 1.54) is 0 Å². The predicted octanol–water partition coefficient (Wildman–Crippen LogP) is 0.421. The molecule has 0 heterocycles. The molecule has 0 saturated heterocycles. The van der Waals surface area contributed by atoms with Crippen LogP contribution in [0.5, 0.6) is 0 Å². The normalized spacial score (nSPS) is 59.8. The number of rotatable bonds is 0. The van der Waals surface area contributed by atoms with E-state index >= 15 is 0 Å². The fraction of sp³-hybridized carbons (Fsp3) is 1.00. The van der Waals surface area contributed by atoms with Crippen LogP contribution in [0.1, 0.15) is 32.1 Å². The second-order valence-electron chi connectivity index (χ2n) is 5.50. The molecule has 4 N–H and O–H groups in total. The van der Waals surface area contributed by atoms with Crippen LogP contribution in [0.25, 0.3) is 0 Å². The van der Waals surface area contributed by atoms with Crippen molar-refractivity contribution in [1.29, 1.82) is 0 Å². The average Bonchev–Trinajstić information content (AvgIpc) is 1.96. The first-order valence-corrected chi connectivity index (χ1v) is 5.21. The molecule has 0 spiro atoms. The first-order chi connectivity index (χ1) is 6.01. The highest BCUT2D eigenvalue weighted by atomic mass is 35.5. The van der Waals surface area contributed by atoms with Crippen LogP contribution in [-0.4, -0.2) is 27.5 Å². The maximum absolute atomic E-state index is 10.3. The molecule has 4 aliphatic carbocycles. The summed E-state index contributed by atoms with van der Waals surface area (Å²) >= 11 is 0. The Morgan fingerprint density at radius 1 is 1.14 bits per heavy atom. The van der Waals surface area contributed by atoms with Gasteiger partial charge < -0.3 is 15.9 Å².